The number of benzene rings is 2. The SMILES string of the molecule is COC(=O)c1ccccc1COc1ccc(I)cc1. The maximum atomic E-state index is 11.6. The fraction of sp³-hybridized carbons (Fsp3) is 0.133. The number of esters is 1. The van der Waals surface area contributed by atoms with Crippen LogP contribution >= 0.6 is 22.6 Å². The molecular formula is C15H13IO3. The fourth-order valence-electron chi connectivity index (χ4n) is 1.65. The van der Waals surface area contributed by atoms with Crippen LogP contribution in [0.1, 0.15) is 15.9 Å². The molecule has 2 rings (SSSR count). The third kappa shape index (κ3) is 3.70. The predicted octanol–water partition coefficient (Wildman–Crippen LogP) is 3.66. The first-order valence-corrected chi connectivity index (χ1v) is 6.83. The molecule has 98 valence electrons. The lowest BCUT2D eigenvalue weighted by atomic mass is 10.1. The Balaban J connectivity index is 2.11. The highest BCUT2D eigenvalue weighted by molar-refractivity contribution is 14.1. The highest BCUT2D eigenvalue weighted by atomic mass is 127. The number of hydrogen-bond donors (Lipinski definition) is 0. The van der Waals surface area contributed by atoms with Gasteiger partial charge in [0.1, 0.15) is 12.4 Å². The van der Waals surface area contributed by atoms with Crippen LogP contribution in [-0.4, -0.2) is 13.1 Å². The molecule has 0 aliphatic heterocycles. The smallest absolute Gasteiger partial charge is 0.338 e. The standard InChI is InChI=1S/C15H13IO3/c1-18-15(17)14-5-3-2-4-11(14)10-19-13-8-6-12(16)7-9-13/h2-9H,10H2,1H3. The molecule has 0 aromatic heterocycles. The van der Waals surface area contributed by atoms with Gasteiger partial charge in [-0.25, -0.2) is 4.79 Å². The summed E-state index contributed by atoms with van der Waals surface area (Å²) in [4.78, 5) is 11.6. The number of ether oxygens (including phenoxy) is 2. The van der Waals surface area contributed by atoms with Crippen LogP contribution < -0.4 is 4.74 Å². The molecule has 0 spiro atoms. The average Bonchev–Trinajstić information content (AvgIpc) is 2.46. The van der Waals surface area contributed by atoms with E-state index in [0.29, 0.717) is 12.2 Å². The summed E-state index contributed by atoms with van der Waals surface area (Å²) in [5, 5.41) is 0. The van der Waals surface area contributed by atoms with E-state index in [4.69, 9.17) is 9.47 Å². The van der Waals surface area contributed by atoms with Gasteiger partial charge in [-0.3, -0.25) is 0 Å². The van der Waals surface area contributed by atoms with Gasteiger partial charge in [-0.15, -0.1) is 0 Å². The summed E-state index contributed by atoms with van der Waals surface area (Å²) in [5.41, 5.74) is 1.35. The molecular weight excluding hydrogens is 355 g/mol. The molecule has 0 amide bonds. The first-order valence-electron chi connectivity index (χ1n) is 5.75. The molecule has 0 heterocycles. The predicted molar refractivity (Wildman–Crippen MR) is 81.3 cm³/mol. The van der Waals surface area contributed by atoms with Crippen molar-refractivity contribution in [2.75, 3.05) is 7.11 Å². The van der Waals surface area contributed by atoms with Crippen LogP contribution in [0.25, 0.3) is 0 Å². The zero-order chi connectivity index (χ0) is 13.7. The van der Waals surface area contributed by atoms with Gasteiger partial charge in [0.25, 0.3) is 0 Å². The number of rotatable bonds is 4. The van der Waals surface area contributed by atoms with Crippen LogP contribution in [0.4, 0.5) is 0 Å². The van der Waals surface area contributed by atoms with Crippen LogP contribution in [0.3, 0.4) is 0 Å². The second-order valence-electron chi connectivity index (χ2n) is 3.89. The molecule has 3 nitrogen and oxygen atoms in total. The Hall–Kier alpha value is -1.56. The van der Waals surface area contributed by atoms with Crippen LogP contribution in [0.5, 0.6) is 5.75 Å². The minimum absolute atomic E-state index is 0.339. The van der Waals surface area contributed by atoms with Crippen molar-refractivity contribution in [3.63, 3.8) is 0 Å². The molecule has 0 atom stereocenters. The average molecular weight is 368 g/mol. The highest BCUT2D eigenvalue weighted by Crippen LogP contribution is 2.17. The van der Waals surface area contributed by atoms with Crippen LogP contribution in [0.15, 0.2) is 48.5 Å². The Bertz CT molecular complexity index is 564. The molecule has 0 bridgehead atoms. The third-order valence-corrected chi connectivity index (χ3v) is 3.35. The highest BCUT2D eigenvalue weighted by Gasteiger charge is 2.11. The molecule has 0 aliphatic carbocycles. The summed E-state index contributed by atoms with van der Waals surface area (Å²) in [5.74, 6) is 0.432. The monoisotopic (exact) mass is 368 g/mol. The van der Waals surface area contributed by atoms with E-state index in [0.717, 1.165) is 14.9 Å². The topological polar surface area (TPSA) is 35.5 Å². The van der Waals surface area contributed by atoms with Crippen LogP contribution in [0, 0.1) is 3.57 Å². The first-order chi connectivity index (χ1) is 9.20. The van der Waals surface area contributed by atoms with E-state index in [1.807, 2.05) is 36.4 Å². The fourth-order valence-corrected chi connectivity index (χ4v) is 2.01. The number of halogens is 1. The Labute approximate surface area is 125 Å². The van der Waals surface area contributed by atoms with Crippen molar-refractivity contribution in [2.45, 2.75) is 6.61 Å². The summed E-state index contributed by atoms with van der Waals surface area (Å²) in [6.07, 6.45) is 0. The lowest BCUT2D eigenvalue weighted by molar-refractivity contribution is 0.0597. The van der Waals surface area contributed by atoms with E-state index in [9.17, 15) is 4.79 Å². The van der Waals surface area contributed by atoms with E-state index in [-0.39, 0.29) is 5.97 Å². The van der Waals surface area contributed by atoms with Gasteiger partial charge in [-0.2, -0.15) is 0 Å². The number of carbonyl (C=O) groups is 1. The Morgan fingerprint density at radius 1 is 1.11 bits per heavy atom. The Morgan fingerprint density at radius 2 is 1.79 bits per heavy atom. The quantitative estimate of drug-likeness (QED) is 0.611. The molecule has 0 unspecified atom stereocenters. The van der Waals surface area contributed by atoms with E-state index < -0.39 is 0 Å². The molecule has 0 saturated heterocycles. The number of carbonyl (C=O) groups excluding carboxylic acids is 1. The van der Waals surface area contributed by atoms with Crippen molar-refractivity contribution < 1.29 is 14.3 Å². The van der Waals surface area contributed by atoms with E-state index >= 15 is 0 Å². The molecule has 0 saturated carbocycles. The van der Waals surface area contributed by atoms with Crippen molar-refractivity contribution in [1.29, 1.82) is 0 Å². The summed E-state index contributed by atoms with van der Waals surface area (Å²) in [6, 6.07) is 15.0. The molecule has 19 heavy (non-hydrogen) atoms. The molecule has 0 aliphatic rings. The van der Waals surface area contributed by atoms with E-state index in [1.165, 1.54) is 7.11 Å². The van der Waals surface area contributed by atoms with Gasteiger partial charge < -0.3 is 9.47 Å². The molecule has 2 aromatic rings. The van der Waals surface area contributed by atoms with Gasteiger partial charge >= 0.3 is 5.97 Å². The van der Waals surface area contributed by atoms with Crippen molar-refractivity contribution in [3.8, 4) is 5.75 Å². The third-order valence-electron chi connectivity index (χ3n) is 2.63. The van der Waals surface area contributed by atoms with Gasteiger partial charge in [0.2, 0.25) is 0 Å². The summed E-state index contributed by atoms with van der Waals surface area (Å²) < 4.78 is 11.6. The van der Waals surface area contributed by atoms with Crippen LogP contribution in [-0.2, 0) is 11.3 Å². The zero-order valence-electron chi connectivity index (χ0n) is 10.4. The zero-order valence-corrected chi connectivity index (χ0v) is 12.6. The maximum absolute atomic E-state index is 11.6. The Morgan fingerprint density at radius 3 is 2.47 bits per heavy atom. The minimum Gasteiger partial charge on any atom is -0.489 e. The second-order valence-corrected chi connectivity index (χ2v) is 5.14. The van der Waals surface area contributed by atoms with Gasteiger partial charge in [-0.05, 0) is 52.9 Å². The summed E-state index contributed by atoms with van der Waals surface area (Å²) in [7, 11) is 1.37. The van der Waals surface area contributed by atoms with Crippen molar-refractivity contribution >= 4 is 28.6 Å². The normalized spacial score (nSPS) is 10.0. The van der Waals surface area contributed by atoms with Crippen molar-refractivity contribution in [3.05, 3.63) is 63.2 Å². The molecule has 2 aromatic carbocycles. The van der Waals surface area contributed by atoms with Gasteiger partial charge in [0.15, 0.2) is 0 Å². The van der Waals surface area contributed by atoms with Gasteiger partial charge in [0.05, 0.1) is 12.7 Å². The largest absolute Gasteiger partial charge is 0.489 e. The summed E-state index contributed by atoms with van der Waals surface area (Å²) >= 11 is 2.24. The minimum atomic E-state index is -0.346. The number of methoxy groups -OCH3 is 1. The Kier molecular flexibility index (Phi) is 4.79. The van der Waals surface area contributed by atoms with Crippen LogP contribution in [0.2, 0.25) is 0 Å². The lowest BCUT2D eigenvalue weighted by Crippen LogP contribution is -2.07. The van der Waals surface area contributed by atoms with E-state index in [2.05, 4.69) is 22.6 Å². The molecule has 4 heteroatoms. The molecule has 0 fully saturated rings. The lowest BCUT2D eigenvalue weighted by Gasteiger charge is -2.09. The van der Waals surface area contributed by atoms with Crippen molar-refractivity contribution in [1.82, 2.24) is 0 Å². The molecule has 0 radical (unpaired) electrons. The summed E-state index contributed by atoms with van der Waals surface area (Å²) in [6.45, 7) is 0.339. The van der Waals surface area contributed by atoms with Crippen molar-refractivity contribution in [2.24, 2.45) is 0 Å². The second kappa shape index (κ2) is 6.56. The van der Waals surface area contributed by atoms with Gasteiger partial charge in [-0.1, -0.05) is 18.2 Å². The first kappa shape index (κ1) is 13.9. The maximum Gasteiger partial charge on any atom is 0.338 e. The van der Waals surface area contributed by atoms with E-state index in [1.54, 1.807) is 12.1 Å². The molecule has 0 N–H and O–H groups in total. The van der Waals surface area contributed by atoms with Gasteiger partial charge in [0, 0.05) is 9.13 Å². The number of hydrogen-bond acceptors (Lipinski definition) is 3.